The van der Waals surface area contributed by atoms with E-state index in [9.17, 15) is 19.7 Å². The second-order valence-corrected chi connectivity index (χ2v) is 6.00. The van der Waals surface area contributed by atoms with Crippen LogP contribution in [0.15, 0.2) is 41.2 Å². The number of rotatable bonds is 6. The van der Waals surface area contributed by atoms with Gasteiger partial charge < -0.3 is 19.2 Å². The van der Waals surface area contributed by atoms with Crippen LogP contribution in [0.2, 0.25) is 0 Å². The fourth-order valence-electron chi connectivity index (χ4n) is 2.76. The topological polar surface area (TPSA) is 134 Å². The Balaban J connectivity index is 1.96. The summed E-state index contributed by atoms with van der Waals surface area (Å²) in [6.45, 7) is 1.50. The molecular weight excluding hydrogens is 382 g/mol. The first-order valence-corrected chi connectivity index (χ1v) is 8.46. The Morgan fingerprint density at radius 2 is 1.83 bits per heavy atom. The van der Waals surface area contributed by atoms with Crippen molar-refractivity contribution in [2.75, 3.05) is 14.2 Å². The van der Waals surface area contributed by atoms with Crippen molar-refractivity contribution in [2.24, 2.45) is 0 Å². The quantitative estimate of drug-likeness (QED) is 0.380. The van der Waals surface area contributed by atoms with Crippen LogP contribution in [0.1, 0.15) is 29.2 Å². The smallest absolute Gasteiger partial charge is 0.346 e. The standard InChI is InChI=1S/C19H17N3O7/c1-10(17-20-13-7-5-4-6-11(13)18(23)21-17)29-19(24)12-8-15(27-2)16(28-3)9-14(12)22(25)26/h4-10H,1-3H3,(H,20,21,23)/t10-/m0/s1. The highest BCUT2D eigenvalue weighted by molar-refractivity contribution is 5.95. The van der Waals surface area contributed by atoms with Crippen LogP contribution in [0, 0.1) is 10.1 Å². The van der Waals surface area contributed by atoms with Crippen molar-refractivity contribution in [1.29, 1.82) is 0 Å². The molecule has 0 amide bonds. The van der Waals surface area contributed by atoms with Crippen molar-refractivity contribution >= 4 is 22.6 Å². The van der Waals surface area contributed by atoms with E-state index in [0.29, 0.717) is 10.9 Å². The second-order valence-electron chi connectivity index (χ2n) is 6.00. The van der Waals surface area contributed by atoms with Crippen LogP contribution in [0.3, 0.4) is 0 Å². The maximum absolute atomic E-state index is 12.6. The van der Waals surface area contributed by atoms with E-state index in [2.05, 4.69) is 9.97 Å². The zero-order valence-electron chi connectivity index (χ0n) is 15.8. The van der Waals surface area contributed by atoms with Gasteiger partial charge in [-0.3, -0.25) is 14.9 Å². The van der Waals surface area contributed by atoms with Gasteiger partial charge >= 0.3 is 5.97 Å². The van der Waals surface area contributed by atoms with Crippen molar-refractivity contribution in [3.63, 3.8) is 0 Å². The predicted octanol–water partition coefficient (Wildman–Crippen LogP) is 2.77. The molecule has 0 spiro atoms. The number of para-hydroxylation sites is 1. The summed E-state index contributed by atoms with van der Waals surface area (Å²) in [6, 6.07) is 8.95. The molecule has 0 unspecified atom stereocenters. The number of aromatic nitrogens is 2. The molecule has 0 saturated heterocycles. The Morgan fingerprint density at radius 1 is 1.17 bits per heavy atom. The lowest BCUT2D eigenvalue weighted by atomic mass is 10.1. The minimum atomic E-state index is -0.971. The van der Waals surface area contributed by atoms with E-state index in [4.69, 9.17) is 14.2 Å². The maximum Gasteiger partial charge on any atom is 0.346 e. The number of aromatic amines is 1. The van der Waals surface area contributed by atoms with E-state index in [1.807, 2.05) is 0 Å². The number of hydrogen-bond donors (Lipinski definition) is 1. The number of carbonyl (C=O) groups is 1. The molecule has 1 atom stereocenters. The monoisotopic (exact) mass is 399 g/mol. The fourth-order valence-corrected chi connectivity index (χ4v) is 2.76. The number of hydrogen-bond acceptors (Lipinski definition) is 8. The maximum atomic E-state index is 12.6. The van der Waals surface area contributed by atoms with Gasteiger partial charge in [0.15, 0.2) is 23.4 Å². The second kappa shape index (κ2) is 7.97. The van der Waals surface area contributed by atoms with Gasteiger partial charge in [-0.1, -0.05) is 12.1 Å². The molecule has 2 aromatic carbocycles. The number of benzene rings is 2. The van der Waals surface area contributed by atoms with E-state index in [1.165, 1.54) is 27.2 Å². The summed E-state index contributed by atoms with van der Waals surface area (Å²) in [5.74, 6) is -0.620. The van der Waals surface area contributed by atoms with Crippen molar-refractivity contribution in [1.82, 2.24) is 9.97 Å². The molecule has 3 rings (SSSR count). The Morgan fingerprint density at radius 3 is 2.48 bits per heavy atom. The van der Waals surface area contributed by atoms with E-state index in [1.54, 1.807) is 24.3 Å². The summed E-state index contributed by atoms with van der Waals surface area (Å²) in [4.78, 5) is 42.3. The normalized spacial score (nSPS) is 11.7. The van der Waals surface area contributed by atoms with Crippen LogP contribution in [0.5, 0.6) is 11.5 Å². The molecule has 0 aliphatic heterocycles. The number of H-pyrrole nitrogens is 1. The van der Waals surface area contributed by atoms with Crippen LogP contribution in [0.25, 0.3) is 10.9 Å². The third kappa shape index (κ3) is 3.86. The number of nitrogens with one attached hydrogen (secondary N) is 1. The van der Waals surface area contributed by atoms with Crippen LogP contribution >= 0.6 is 0 Å². The van der Waals surface area contributed by atoms with Gasteiger partial charge in [0.1, 0.15) is 5.56 Å². The lowest BCUT2D eigenvalue weighted by Gasteiger charge is -2.14. The highest BCUT2D eigenvalue weighted by Gasteiger charge is 2.27. The molecule has 3 aromatic rings. The van der Waals surface area contributed by atoms with Gasteiger partial charge in [-0.05, 0) is 19.1 Å². The third-order valence-electron chi connectivity index (χ3n) is 4.22. The minimum absolute atomic E-state index is 0.101. The van der Waals surface area contributed by atoms with Gasteiger partial charge in [0.05, 0.1) is 36.1 Å². The average molecular weight is 399 g/mol. The molecule has 0 aliphatic carbocycles. The van der Waals surface area contributed by atoms with Gasteiger partial charge in [0, 0.05) is 6.07 Å². The summed E-state index contributed by atoms with van der Waals surface area (Å²) >= 11 is 0. The molecule has 29 heavy (non-hydrogen) atoms. The third-order valence-corrected chi connectivity index (χ3v) is 4.22. The van der Waals surface area contributed by atoms with Gasteiger partial charge in [-0.2, -0.15) is 0 Å². The molecule has 0 saturated carbocycles. The summed E-state index contributed by atoms with van der Waals surface area (Å²) < 4.78 is 15.5. The Hall–Kier alpha value is -3.95. The van der Waals surface area contributed by atoms with Crippen LogP contribution in [-0.4, -0.2) is 35.1 Å². The SMILES string of the molecule is COc1cc(C(=O)O[C@@H](C)c2nc3ccccc3c(=O)[nH]2)c([N+](=O)[O-])cc1OC. The summed E-state index contributed by atoms with van der Waals surface area (Å²) in [5.41, 5.74) is -0.765. The highest BCUT2D eigenvalue weighted by Crippen LogP contribution is 2.35. The van der Waals surface area contributed by atoms with Gasteiger partial charge in [0.2, 0.25) is 0 Å². The number of fused-ring (bicyclic) bond motifs is 1. The van der Waals surface area contributed by atoms with Gasteiger partial charge in [-0.15, -0.1) is 0 Å². The highest BCUT2D eigenvalue weighted by atomic mass is 16.6. The lowest BCUT2D eigenvalue weighted by molar-refractivity contribution is -0.385. The Kier molecular flexibility index (Phi) is 5.44. The molecule has 10 heteroatoms. The van der Waals surface area contributed by atoms with E-state index in [0.717, 1.165) is 6.07 Å². The van der Waals surface area contributed by atoms with Crippen molar-refractivity contribution < 1.29 is 23.9 Å². The molecular formula is C19H17N3O7. The van der Waals surface area contributed by atoms with Crippen LogP contribution < -0.4 is 15.0 Å². The first-order chi connectivity index (χ1) is 13.8. The number of ether oxygens (including phenoxy) is 3. The lowest BCUT2D eigenvalue weighted by Crippen LogP contribution is -2.18. The minimum Gasteiger partial charge on any atom is -0.493 e. The van der Waals surface area contributed by atoms with Crippen LogP contribution in [-0.2, 0) is 4.74 Å². The van der Waals surface area contributed by atoms with Crippen molar-refractivity contribution in [2.45, 2.75) is 13.0 Å². The molecule has 1 N–H and O–H groups in total. The van der Waals surface area contributed by atoms with Crippen molar-refractivity contribution in [3.8, 4) is 11.5 Å². The Labute approximate surface area is 164 Å². The molecule has 150 valence electrons. The van der Waals surface area contributed by atoms with Gasteiger partial charge in [-0.25, -0.2) is 9.78 Å². The number of nitro benzene ring substituents is 1. The number of nitro groups is 1. The largest absolute Gasteiger partial charge is 0.493 e. The molecule has 0 aliphatic rings. The number of methoxy groups -OCH3 is 2. The number of carbonyl (C=O) groups excluding carboxylic acids is 1. The molecule has 0 radical (unpaired) electrons. The van der Waals surface area contributed by atoms with E-state index >= 15 is 0 Å². The number of esters is 1. The Bertz CT molecular complexity index is 1160. The molecule has 10 nitrogen and oxygen atoms in total. The first kappa shape index (κ1) is 19.8. The predicted molar refractivity (Wildman–Crippen MR) is 102 cm³/mol. The molecule has 1 heterocycles. The van der Waals surface area contributed by atoms with Crippen LogP contribution in [0.4, 0.5) is 5.69 Å². The fraction of sp³-hybridized carbons (Fsp3) is 0.211. The summed E-state index contributed by atoms with van der Waals surface area (Å²) in [5, 5.41) is 11.8. The van der Waals surface area contributed by atoms with Crippen molar-refractivity contribution in [3.05, 3.63) is 68.3 Å². The zero-order valence-corrected chi connectivity index (χ0v) is 15.8. The number of nitrogens with zero attached hydrogens (tertiary/aromatic N) is 2. The zero-order chi connectivity index (χ0) is 21.1. The summed E-state index contributed by atoms with van der Waals surface area (Å²) in [7, 11) is 2.66. The van der Waals surface area contributed by atoms with E-state index < -0.39 is 22.7 Å². The first-order valence-electron chi connectivity index (χ1n) is 8.46. The molecule has 0 bridgehead atoms. The van der Waals surface area contributed by atoms with Gasteiger partial charge in [0.25, 0.3) is 11.2 Å². The summed E-state index contributed by atoms with van der Waals surface area (Å²) in [6.07, 6.45) is -0.965. The van der Waals surface area contributed by atoms with E-state index in [-0.39, 0.29) is 28.4 Å². The molecule has 1 aromatic heterocycles. The molecule has 0 fully saturated rings. The average Bonchev–Trinajstić information content (AvgIpc) is 2.72.